The quantitative estimate of drug-likeness (QED) is 0.803. The lowest BCUT2D eigenvalue weighted by Crippen LogP contribution is -2.38. The molecule has 1 N–H and O–H groups in total. The van der Waals surface area contributed by atoms with Gasteiger partial charge in [0.1, 0.15) is 6.54 Å². The molecule has 0 fully saturated rings. The molecule has 2 rings (SSSR count). The molecule has 0 aliphatic rings. The Morgan fingerprint density at radius 3 is 2.15 bits per heavy atom. The van der Waals surface area contributed by atoms with Crippen LogP contribution in [0.2, 0.25) is 0 Å². The summed E-state index contributed by atoms with van der Waals surface area (Å²) in [6.07, 6.45) is 0.734. The minimum atomic E-state index is -4.13. The third-order valence-electron chi connectivity index (χ3n) is 3.48. The molecule has 9 heteroatoms. The molecule has 26 heavy (non-hydrogen) atoms. The first-order chi connectivity index (χ1) is 12.0. The Morgan fingerprint density at radius 1 is 1.04 bits per heavy atom. The Morgan fingerprint density at radius 2 is 1.62 bits per heavy atom. The van der Waals surface area contributed by atoms with Gasteiger partial charge < -0.3 is 5.32 Å². The maximum atomic E-state index is 14.0. The van der Waals surface area contributed by atoms with E-state index < -0.39 is 45.6 Å². The van der Waals surface area contributed by atoms with Crippen molar-refractivity contribution in [3.05, 3.63) is 58.9 Å². The highest BCUT2D eigenvalue weighted by atomic mass is 32.2. The first-order valence-corrected chi connectivity index (χ1v) is 9.33. The van der Waals surface area contributed by atoms with Crippen LogP contribution in [0, 0.1) is 31.3 Å². The van der Waals surface area contributed by atoms with E-state index in [-0.39, 0.29) is 0 Å². The van der Waals surface area contributed by atoms with Crippen molar-refractivity contribution in [3.8, 4) is 0 Å². The minimum Gasteiger partial charge on any atom is -0.324 e. The van der Waals surface area contributed by atoms with E-state index in [1.54, 1.807) is 12.1 Å². The zero-order chi connectivity index (χ0) is 19.6. The molecular weight excluding hydrogens is 369 g/mol. The van der Waals surface area contributed by atoms with Crippen molar-refractivity contribution in [1.82, 2.24) is 0 Å². The first-order valence-electron chi connectivity index (χ1n) is 7.48. The summed E-state index contributed by atoms with van der Waals surface area (Å²) >= 11 is 0. The molecule has 0 saturated heterocycles. The van der Waals surface area contributed by atoms with Gasteiger partial charge in [-0.25, -0.2) is 21.6 Å². The van der Waals surface area contributed by atoms with Crippen molar-refractivity contribution in [1.29, 1.82) is 0 Å². The number of amides is 1. The van der Waals surface area contributed by atoms with Gasteiger partial charge in [0.25, 0.3) is 0 Å². The second-order valence-corrected chi connectivity index (χ2v) is 7.80. The maximum Gasteiger partial charge on any atom is 0.245 e. The van der Waals surface area contributed by atoms with E-state index in [1.807, 2.05) is 19.9 Å². The smallest absolute Gasteiger partial charge is 0.245 e. The normalized spacial score (nSPS) is 11.3. The molecule has 0 radical (unpaired) electrons. The predicted octanol–water partition coefficient (Wildman–Crippen LogP) is 3.13. The van der Waals surface area contributed by atoms with E-state index in [4.69, 9.17) is 0 Å². The topological polar surface area (TPSA) is 66.5 Å². The monoisotopic (exact) mass is 386 g/mol. The molecule has 1 amide bonds. The average Bonchev–Trinajstić information content (AvgIpc) is 2.49. The molecule has 0 aliphatic heterocycles. The first kappa shape index (κ1) is 19.8. The van der Waals surface area contributed by atoms with Crippen LogP contribution in [-0.2, 0) is 14.8 Å². The van der Waals surface area contributed by atoms with Gasteiger partial charge in [0, 0.05) is 5.69 Å². The Bertz CT molecular complexity index is 942. The van der Waals surface area contributed by atoms with E-state index in [9.17, 15) is 26.4 Å². The van der Waals surface area contributed by atoms with Gasteiger partial charge in [0.15, 0.2) is 17.5 Å². The molecule has 0 spiro atoms. The molecular formula is C17H17F3N2O3S. The Kier molecular flexibility index (Phi) is 5.60. The van der Waals surface area contributed by atoms with E-state index >= 15 is 0 Å². The van der Waals surface area contributed by atoms with Crippen LogP contribution in [0.25, 0.3) is 0 Å². The number of nitrogens with one attached hydrogen (secondary N) is 1. The lowest BCUT2D eigenvalue weighted by molar-refractivity contribution is -0.114. The lowest BCUT2D eigenvalue weighted by atomic mass is 10.1. The van der Waals surface area contributed by atoms with E-state index in [1.165, 1.54) is 0 Å². The summed E-state index contributed by atoms with van der Waals surface area (Å²) in [5, 5.41) is 2.51. The van der Waals surface area contributed by atoms with Gasteiger partial charge in [0.2, 0.25) is 15.9 Å². The van der Waals surface area contributed by atoms with Crippen LogP contribution in [-0.4, -0.2) is 27.1 Å². The van der Waals surface area contributed by atoms with Gasteiger partial charge in [-0.2, -0.15) is 0 Å². The third-order valence-corrected chi connectivity index (χ3v) is 4.60. The molecule has 0 saturated carbocycles. The second kappa shape index (κ2) is 7.36. The molecule has 2 aromatic carbocycles. The van der Waals surface area contributed by atoms with Crippen molar-refractivity contribution in [2.75, 3.05) is 22.4 Å². The highest BCUT2D eigenvalue weighted by molar-refractivity contribution is 7.92. The zero-order valence-corrected chi connectivity index (χ0v) is 15.1. The van der Waals surface area contributed by atoms with Gasteiger partial charge in [-0.3, -0.25) is 9.10 Å². The van der Waals surface area contributed by atoms with Gasteiger partial charge in [-0.15, -0.1) is 0 Å². The van der Waals surface area contributed by atoms with Gasteiger partial charge in [-0.1, -0.05) is 6.07 Å². The van der Waals surface area contributed by atoms with Crippen LogP contribution in [0.15, 0.2) is 30.3 Å². The van der Waals surface area contributed by atoms with Crippen LogP contribution >= 0.6 is 0 Å². The molecule has 0 aliphatic carbocycles. The zero-order valence-electron chi connectivity index (χ0n) is 14.3. The fraction of sp³-hybridized carbons (Fsp3) is 0.235. The van der Waals surface area contributed by atoms with Crippen molar-refractivity contribution in [2.24, 2.45) is 0 Å². The summed E-state index contributed by atoms with van der Waals surface area (Å²) in [7, 11) is -4.13. The molecule has 5 nitrogen and oxygen atoms in total. The Hall–Kier alpha value is -2.55. The van der Waals surface area contributed by atoms with Crippen LogP contribution in [0.5, 0.6) is 0 Å². The van der Waals surface area contributed by atoms with Crippen LogP contribution in [0.4, 0.5) is 24.5 Å². The summed E-state index contributed by atoms with van der Waals surface area (Å²) in [5.74, 6) is -5.72. The molecule has 2 aromatic rings. The number of nitrogens with zero attached hydrogens (tertiary/aromatic N) is 1. The lowest BCUT2D eigenvalue weighted by Gasteiger charge is -2.22. The van der Waals surface area contributed by atoms with Gasteiger partial charge in [-0.05, 0) is 49.2 Å². The van der Waals surface area contributed by atoms with Crippen molar-refractivity contribution >= 4 is 27.3 Å². The van der Waals surface area contributed by atoms with E-state index in [0.717, 1.165) is 23.4 Å². The summed E-state index contributed by atoms with van der Waals surface area (Å²) in [4.78, 5) is 12.2. The minimum absolute atomic E-state index is 0.378. The molecule has 0 bridgehead atoms. The number of carbonyl (C=O) groups is 1. The Labute approximate surface area is 149 Å². The molecule has 0 aromatic heterocycles. The SMILES string of the molecule is Cc1cc(C)cc(NC(=O)CN(c2ccc(F)c(F)c2F)S(C)(=O)=O)c1. The molecule has 0 heterocycles. The summed E-state index contributed by atoms with van der Waals surface area (Å²) in [6.45, 7) is 2.85. The van der Waals surface area contributed by atoms with Crippen molar-refractivity contribution in [3.63, 3.8) is 0 Å². The average molecular weight is 386 g/mol. The highest BCUT2D eigenvalue weighted by Crippen LogP contribution is 2.25. The second-order valence-electron chi connectivity index (χ2n) is 5.89. The third kappa shape index (κ3) is 4.54. The number of rotatable bonds is 5. The number of aryl methyl sites for hydroxylation is 2. The number of hydrogen-bond donors (Lipinski definition) is 1. The number of sulfonamides is 1. The standard InChI is InChI=1S/C17H17F3N2O3S/c1-10-6-11(2)8-12(7-10)21-15(23)9-22(26(3,24)25)14-5-4-13(18)16(19)17(14)20/h4-8H,9H2,1-3H3,(H,21,23). The van der Waals surface area contributed by atoms with Gasteiger partial charge in [0.05, 0.1) is 11.9 Å². The number of carbonyl (C=O) groups excluding carboxylic acids is 1. The van der Waals surface area contributed by atoms with Gasteiger partial charge >= 0.3 is 0 Å². The van der Waals surface area contributed by atoms with Crippen LogP contribution < -0.4 is 9.62 Å². The summed E-state index contributed by atoms with van der Waals surface area (Å²) in [6, 6.07) is 6.59. The maximum absolute atomic E-state index is 14.0. The largest absolute Gasteiger partial charge is 0.324 e. The number of benzene rings is 2. The fourth-order valence-electron chi connectivity index (χ4n) is 2.47. The van der Waals surface area contributed by atoms with E-state index in [2.05, 4.69) is 5.32 Å². The fourth-order valence-corrected chi connectivity index (χ4v) is 3.32. The number of hydrogen-bond acceptors (Lipinski definition) is 3. The van der Waals surface area contributed by atoms with Crippen LogP contribution in [0.1, 0.15) is 11.1 Å². The highest BCUT2D eigenvalue weighted by Gasteiger charge is 2.26. The van der Waals surface area contributed by atoms with Crippen molar-refractivity contribution < 1.29 is 26.4 Å². The number of anilines is 2. The Balaban J connectivity index is 2.32. The summed E-state index contributed by atoms with van der Waals surface area (Å²) < 4.78 is 64.8. The molecule has 0 atom stereocenters. The molecule has 0 unspecified atom stereocenters. The number of halogens is 3. The van der Waals surface area contributed by atoms with Crippen molar-refractivity contribution in [2.45, 2.75) is 13.8 Å². The molecule has 140 valence electrons. The predicted molar refractivity (Wildman–Crippen MR) is 93.1 cm³/mol. The van der Waals surface area contributed by atoms with E-state index in [0.29, 0.717) is 16.1 Å². The van der Waals surface area contributed by atoms with Crippen LogP contribution in [0.3, 0.4) is 0 Å². The summed E-state index contributed by atoms with van der Waals surface area (Å²) in [5.41, 5.74) is 1.45.